The van der Waals surface area contributed by atoms with Gasteiger partial charge in [0.2, 0.25) is 11.6 Å². The Kier molecular flexibility index (Phi) is 7.84. The Morgan fingerprint density at radius 2 is 1.50 bits per heavy atom. The van der Waals surface area contributed by atoms with E-state index in [1.165, 1.54) is 19.1 Å². The molecule has 3 nitrogen and oxygen atoms in total. The summed E-state index contributed by atoms with van der Waals surface area (Å²) < 4.78 is 51.4. The molecule has 0 amide bonds. The molecule has 0 unspecified atom stereocenters. The first-order valence-electron chi connectivity index (χ1n) is 11.0. The van der Waals surface area contributed by atoms with Crippen molar-refractivity contribution in [1.82, 2.24) is 0 Å². The first-order valence-corrected chi connectivity index (χ1v) is 11.0. The second-order valence-electron chi connectivity index (χ2n) is 8.58. The van der Waals surface area contributed by atoms with Gasteiger partial charge in [-0.15, -0.1) is 0 Å². The molecule has 2 aliphatic rings. The molecule has 2 saturated carbocycles. The minimum absolute atomic E-state index is 0.0960. The number of esters is 1. The molecule has 0 spiro atoms. The maximum Gasteiger partial charge on any atom is 0.314 e. The van der Waals surface area contributed by atoms with Crippen LogP contribution in [0, 0.1) is 35.3 Å². The van der Waals surface area contributed by atoms with E-state index >= 15 is 0 Å². The molecule has 30 heavy (non-hydrogen) atoms. The minimum Gasteiger partial charge on any atom is -0.491 e. The number of ether oxygens (including phenoxy) is 2. The van der Waals surface area contributed by atoms with Crippen molar-refractivity contribution in [3.05, 3.63) is 35.7 Å². The van der Waals surface area contributed by atoms with Crippen LogP contribution in [0.2, 0.25) is 0 Å². The summed E-state index contributed by atoms with van der Waals surface area (Å²) in [6.07, 6.45) is 9.28. The van der Waals surface area contributed by atoms with Crippen LogP contribution in [0.3, 0.4) is 0 Å². The highest BCUT2D eigenvalue weighted by Crippen LogP contribution is 2.42. The van der Waals surface area contributed by atoms with Gasteiger partial charge < -0.3 is 9.47 Å². The van der Waals surface area contributed by atoms with Gasteiger partial charge in [-0.1, -0.05) is 6.08 Å². The maximum atomic E-state index is 14.2. The van der Waals surface area contributed by atoms with Crippen molar-refractivity contribution in [2.45, 2.75) is 65.2 Å². The van der Waals surface area contributed by atoms with E-state index in [1.807, 2.05) is 0 Å². The maximum absolute atomic E-state index is 14.2. The number of carbonyl (C=O) groups excluding carboxylic acids is 1. The lowest BCUT2D eigenvalue weighted by atomic mass is 9.69. The minimum atomic E-state index is -1.20. The molecule has 0 aliphatic heterocycles. The molecule has 2 aliphatic carbocycles. The van der Waals surface area contributed by atoms with Gasteiger partial charge in [-0.2, -0.15) is 8.78 Å². The molecule has 0 saturated heterocycles. The van der Waals surface area contributed by atoms with Crippen LogP contribution >= 0.6 is 0 Å². The van der Waals surface area contributed by atoms with Gasteiger partial charge in [-0.05, 0) is 95.1 Å². The third-order valence-corrected chi connectivity index (χ3v) is 6.58. The Balaban J connectivity index is 1.49. The predicted octanol–water partition coefficient (Wildman–Crippen LogP) is 6.76. The van der Waals surface area contributed by atoms with Crippen LogP contribution in [0.1, 0.15) is 65.2 Å². The Bertz CT molecular complexity index is 757. The van der Waals surface area contributed by atoms with Crippen LogP contribution in [0.15, 0.2) is 24.0 Å². The molecule has 0 atom stereocenters. The number of benzene rings is 1. The van der Waals surface area contributed by atoms with Gasteiger partial charge in [0.05, 0.1) is 18.4 Å². The molecule has 3 rings (SSSR count). The summed E-state index contributed by atoms with van der Waals surface area (Å²) in [5, 5.41) is 0. The Labute approximate surface area is 176 Å². The standard InChI is InChI=1S/C24H31F3O3/c1-3-29-20-12-13-21(23(27)22(20)26)30-24(28)19-10-8-18(9-11-19)17-6-4-16(5-7-17)14-15(2)25/h12-14,16-19H,3-11H2,1-2H3/b15-14-. The second-order valence-corrected chi connectivity index (χ2v) is 8.58. The van der Waals surface area contributed by atoms with Gasteiger partial charge in [0.15, 0.2) is 11.5 Å². The summed E-state index contributed by atoms with van der Waals surface area (Å²) in [4.78, 5) is 12.5. The molecule has 0 N–H and O–H groups in total. The number of halogens is 3. The van der Waals surface area contributed by atoms with E-state index in [1.54, 1.807) is 13.0 Å². The Morgan fingerprint density at radius 3 is 2.07 bits per heavy atom. The molecule has 166 valence electrons. The zero-order valence-corrected chi connectivity index (χ0v) is 17.8. The third kappa shape index (κ3) is 5.58. The lowest BCUT2D eigenvalue weighted by Crippen LogP contribution is -2.30. The fourth-order valence-electron chi connectivity index (χ4n) is 4.99. The second kappa shape index (κ2) is 10.4. The average molecular weight is 425 g/mol. The summed E-state index contributed by atoms with van der Waals surface area (Å²) in [7, 11) is 0. The quantitative estimate of drug-likeness (QED) is 0.374. The first kappa shape index (κ1) is 22.7. The normalized spacial score (nSPS) is 27.6. The summed E-state index contributed by atoms with van der Waals surface area (Å²) in [5.41, 5.74) is 0. The number of rotatable bonds is 6. The van der Waals surface area contributed by atoms with Crippen LogP contribution in [0.4, 0.5) is 13.2 Å². The lowest BCUT2D eigenvalue weighted by molar-refractivity contribution is -0.140. The first-order chi connectivity index (χ1) is 14.4. The van der Waals surface area contributed by atoms with Gasteiger partial charge in [0, 0.05) is 0 Å². The molecule has 0 aromatic heterocycles. The van der Waals surface area contributed by atoms with E-state index in [0.717, 1.165) is 38.5 Å². The summed E-state index contributed by atoms with van der Waals surface area (Å²) >= 11 is 0. The van der Waals surface area contributed by atoms with Crippen LogP contribution < -0.4 is 9.47 Å². The van der Waals surface area contributed by atoms with E-state index in [-0.39, 0.29) is 24.1 Å². The summed E-state index contributed by atoms with van der Waals surface area (Å²) in [5.74, 6) is -2.25. The molecule has 0 bridgehead atoms. The van der Waals surface area contributed by atoms with Gasteiger partial charge in [-0.25, -0.2) is 4.39 Å². The largest absolute Gasteiger partial charge is 0.491 e. The van der Waals surface area contributed by atoms with E-state index in [0.29, 0.717) is 30.6 Å². The van der Waals surface area contributed by atoms with Crippen molar-refractivity contribution in [3.8, 4) is 11.5 Å². The highest BCUT2D eigenvalue weighted by molar-refractivity contribution is 5.75. The predicted molar refractivity (Wildman–Crippen MR) is 109 cm³/mol. The average Bonchev–Trinajstić information content (AvgIpc) is 2.74. The summed E-state index contributed by atoms with van der Waals surface area (Å²) in [6.45, 7) is 3.39. The molecule has 1 aromatic rings. The van der Waals surface area contributed by atoms with Gasteiger partial charge in [-0.3, -0.25) is 4.79 Å². The number of hydrogen-bond donors (Lipinski definition) is 0. The summed E-state index contributed by atoms with van der Waals surface area (Å²) in [6, 6.07) is 2.51. The van der Waals surface area contributed by atoms with E-state index in [9.17, 15) is 18.0 Å². The van der Waals surface area contributed by atoms with Crippen molar-refractivity contribution in [2.24, 2.45) is 23.7 Å². The Hall–Kier alpha value is -1.98. The molecule has 2 fully saturated rings. The molecule has 6 heteroatoms. The van der Waals surface area contributed by atoms with Crippen molar-refractivity contribution < 1.29 is 27.4 Å². The lowest BCUT2D eigenvalue weighted by Gasteiger charge is -2.36. The highest BCUT2D eigenvalue weighted by Gasteiger charge is 2.34. The molecular weight excluding hydrogens is 393 g/mol. The van der Waals surface area contributed by atoms with Gasteiger partial charge in [0.1, 0.15) is 0 Å². The van der Waals surface area contributed by atoms with E-state index in [4.69, 9.17) is 9.47 Å². The van der Waals surface area contributed by atoms with Crippen molar-refractivity contribution in [3.63, 3.8) is 0 Å². The van der Waals surface area contributed by atoms with E-state index < -0.39 is 23.4 Å². The highest BCUT2D eigenvalue weighted by atomic mass is 19.2. The number of carbonyl (C=O) groups is 1. The molecule has 0 radical (unpaired) electrons. The topological polar surface area (TPSA) is 35.5 Å². The molecular formula is C24H31F3O3. The van der Waals surface area contributed by atoms with Crippen LogP contribution in [-0.2, 0) is 4.79 Å². The zero-order valence-electron chi connectivity index (χ0n) is 17.8. The number of hydrogen-bond acceptors (Lipinski definition) is 3. The van der Waals surface area contributed by atoms with Crippen LogP contribution in [0.25, 0.3) is 0 Å². The monoisotopic (exact) mass is 424 g/mol. The van der Waals surface area contributed by atoms with Crippen LogP contribution in [0.5, 0.6) is 11.5 Å². The SMILES string of the molecule is CCOc1ccc(OC(=O)C2CCC(C3CCC(/C=C(/C)F)CC3)CC2)c(F)c1F. The smallest absolute Gasteiger partial charge is 0.314 e. The van der Waals surface area contributed by atoms with Crippen LogP contribution in [-0.4, -0.2) is 12.6 Å². The Morgan fingerprint density at radius 1 is 0.967 bits per heavy atom. The van der Waals surface area contributed by atoms with Crippen molar-refractivity contribution in [2.75, 3.05) is 6.61 Å². The van der Waals surface area contributed by atoms with Gasteiger partial charge >= 0.3 is 5.97 Å². The third-order valence-electron chi connectivity index (χ3n) is 6.58. The molecule has 0 heterocycles. The zero-order chi connectivity index (χ0) is 21.7. The van der Waals surface area contributed by atoms with Gasteiger partial charge in [0.25, 0.3) is 0 Å². The molecule has 1 aromatic carbocycles. The fourth-order valence-corrected chi connectivity index (χ4v) is 4.99. The van der Waals surface area contributed by atoms with Crippen molar-refractivity contribution in [1.29, 1.82) is 0 Å². The fraction of sp³-hybridized carbons (Fsp3) is 0.625. The van der Waals surface area contributed by atoms with Crippen molar-refractivity contribution >= 4 is 5.97 Å². The van der Waals surface area contributed by atoms with E-state index in [2.05, 4.69) is 0 Å². The number of allylic oxidation sites excluding steroid dienone is 2.